The van der Waals surface area contributed by atoms with Crippen molar-refractivity contribution < 1.29 is 19.0 Å². The number of ether oxygens (including phenoxy) is 3. The Labute approximate surface area is 202 Å². The molecule has 176 valence electrons. The highest BCUT2D eigenvalue weighted by molar-refractivity contribution is 7.98. The molecule has 0 saturated heterocycles. The van der Waals surface area contributed by atoms with Crippen LogP contribution in [-0.4, -0.2) is 34.1 Å². The minimum absolute atomic E-state index is 0.340. The van der Waals surface area contributed by atoms with Gasteiger partial charge in [-0.1, -0.05) is 42.1 Å². The zero-order valence-corrected chi connectivity index (χ0v) is 20.3. The first-order chi connectivity index (χ1) is 16.6. The van der Waals surface area contributed by atoms with Gasteiger partial charge in [0.2, 0.25) is 0 Å². The van der Waals surface area contributed by atoms with Crippen LogP contribution in [0.2, 0.25) is 0 Å². The lowest BCUT2D eigenvalue weighted by Crippen LogP contribution is -2.04. The minimum atomic E-state index is -0.342. The summed E-state index contributed by atoms with van der Waals surface area (Å²) in [7, 11) is 0. The number of hydrogen-bond acceptors (Lipinski definition) is 7. The number of hydrogen-bond donors (Lipinski definition) is 1. The maximum atomic E-state index is 12.0. The fraction of sp³-hybridized carbons (Fsp3) is 0.269. The Hall–Kier alpha value is -3.52. The van der Waals surface area contributed by atoms with Gasteiger partial charge in [-0.15, -0.1) is 0 Å². The van der Waals surface area contributed by atoms with Gasteiger partial charge < -0.3 is 19.2 Å². The molecule has 2 heterocycles. The van der Waals surface area contributed by atoms with Crippen molar-refractivity contribution in [3.63, 3.8) is 0 Å². The number of fused-ring (bicyclic) bond motifs is 1. The fourth-order valence-electron chi connectivity index (χ4n) is 3.45. The monoisotopic (exact) mass is 477 g/mol. The van der Waals surface area contributed by atoms with E-state index >= 15 is 0 Å². The van der Waals surface area contributed by atoms with Crippen LogP contribution in [0.15, 0.2) is 59.9 Å². The molecule has 1 N–H and O–H groups in total. The molecule has 0 unspecified atom stereocenters. The van der Waals surface area contributed by atoms with Crippen molar-refractivity contribution in [3.8, 4) is 11.5 Å². The van der Waals surface area contributed by atoms with Crippen LogP contribution in [-0.2, 0) is 17.1 Å². The number of benzene rings is 2. The highest BCUT2D eigenvalue weighted by Gasteiger charge is 2.16. The average Bonchev–Trinajstić information content (AvgIpc) is 3.26. The van der Waals surface area contributed by atoms with Crippen molar-refractivity contribution >= 4 is 28.8 Å². The topological polar surface area (TPSA) is 86.3 Å². The van der Waals surface area contributed by atoms with Crippen LogP contribution < -0.4 is 9.47 Å². The average molecular weight is 478 g/mol. The number of pyridine rings is 1. The van der Waals surface area contributed by atoms with Crippen molar-refractivity contribution in [3.05, 3.63) is 77.1 Å². The molecule has 0 amide bonds. The van der Waals surface area contributed by atoms with Gasteiger partial charge in [-0.05, 0) is 44.5 Å². The molecule has 0 fully saturated rings. The molecule has 0 aliphatic heterocycles. The molecular weight excluding hydrogens is 450 g/mol. The van der Waals surface area contributed by atoms with Crippen molar-refractivity contribution in [1.82, 2.24) is 15.0 Å². The van der Waals surface area contributed by atoms with Crippen LogP contribution in [0.5, 0.6) is 11.5 Å². The summed E-state index contributed by atoms with van der Waals surface area (Å²) in [4.78, 5) is 24.5. The van der Waals surface area contributed by atoms with Crippen LogP contribution in [0.3, 0.4) is 0 Å². The van der Waals surface area contributed by atoms with E-state index in [-0.39, 0.29) is 5.97 Å². The smallest absolute Gasteiger partial charge is 0.338 e. The highest BCUT2D eigenvalue weighted by Crippen LogP contribution is 2.35. The molecule has 0 aliphatic rings. The molecule has 4 rings (SSSR count). The van der Waals surface area contributed by atoms with Crippen LogP contribution >= 0.6 is 11.8 Å². The van der Waals surface area contributed by atoms with Crippen LogP contribution in [0, 0.1) is 6.92 Å². The SMILES string of the molecule is CCOC(=O)c1ccc2nc(SCc3ncc(OCC)c(OCc4ccccc4)c3C)[nH]c2c1. The molecule has 0 aliphatic carbocycles. The molecule has 0 atom stereocenters. The fourth-order valence-corrected chi connectivity index (χ4v) is 4.36. The molecule has 34 heavy (non-hydrogen) atoms. The largest absolute Gasteiger partial charge is 0.488 e. The number of nitrogens with zero attached hydrogens (tertiary/aromatic N) is 2. The minimum Gasteiger partial charge on any atom is -0.488 e. The maximum Gasteiger partial charge on any atom is 0.338 e. The molecule has 0 saturated carbocycles. The molecule has 0 radical (unpaired) electrons. The Morgan fingerprint density at radius 1 is 1.06 bits per heavy atom. The van der Waals surface area contributed by atoms with Crippen molar-refractivity contribution in [2.24, 2.45) is 0 Å². The Bertz CT molecular complexity index is 1270. The van der Waals surface area contributed by atoms with Gasteiger partial charge in [0.05, 0.1) is 41.7 Å². The zero-order chi connectivity index (χ0) is 23.9. The first-order valence-electron chi connectivity index (χ1n) is 11.2. The Kier molecular flexibility index (Phi) is 7.69. The first kappa shape index (κ1) is 23.6. The number of rotatable bonds is 10. The quantitative estimate of drug-likeness (QED) is 0.231. The lowest BCUT2D eigenvalue weighted by atomic mass is 10.2. The molecule has 4 aromatic rings. The number of nitrogens with one attached hydrogen (secondary N) is 1. The van der Waals surface area contributed by atoms with E-state index < -0.39 is 0 Å². The van der Waals surface area contributed by atoms with Crippen molar-refractivity contribution in [1.29, 1.82) is 0 Å². The molecule has 7 nitrogen and oxygen atoms in total. The van der Waals surface area contributed by atoms with Gasteiger partial charge in [0.25, 0.3) is 0 Å². The summed E-state index contributed by atoms with van der Waals surface area (Å²) in [6.45, 7) is 7.04. The number of aromatic amines is 1. The van der Waals surface area contributed by atoms with Crippen LogP contribution in [0.25, 0.3) is 11.0 Å². The summed E-state index contributed by atoms with van der Waals surface area (Å²) >= 11 is 1.54. The summed E-state index contributed by atoms with van der Waals surface area (Å²) in [5.74, 6) is 1.61. The summed E-state index contributed by atoms with van der Waals surface area (Å²) in [6.07, 6.45) is 1.72. The number of H-pyrrole nitrogens is 1. The molecule has 8 heteroatoms. The Morgan fingerprint density at radius 2 is 1.88 bits per heavy atom. The van der Waals surface area contributed by atoms with Gasteiger partial charge in [-0.3, -0.25) is 4.98 Å². The van der Waals surface area contributed by atoms with Gasteiger partial charge in [-0.25, -0.2) is 9.78 Å². The van der Waals surface area contributed by atoms with E-state index in [9.17, 15) is 4.79 Å². The zero-order valence-electron chi connectivity index (χ0n) is 19.5. The Balaban J connectivity index is 1.50. The normalized spacial score (nSPS) is 10.9. The predicted molar refractivity (Wildman–Crippen MR) is 133 cm³/mol. The maximum absolute atomic E-state index is 12.0. The summed E-state index contributed by atoms with van der Waals surface area (Å²) < 4.78 is 17.0. The number of carbonyl (C=O) groups is 1. The second kappa shape index (κ2) is 11.1. The second-order valence-corrected chi connectivity index (χ2v) is 8.48. The lowest BCUT2D eigenvalue weighted by Gasteiger charge is -2.16. The molecule has 0 spiro atoms. The third kappa shape index (κ3) is 5.51. The van der Waals surface area contributed by atoms with Crippen molar-refractivity contribution in [2.75, 3.05) is 13.2 Å². The number of aromatic nitrogens is 3. The Morgan fingerprint density at radius 3 is 2.65 bits per heavy atom. The van der Waals surface area contributed by atoms with E-state index in [2.05, 4.69) is 15.0 Å². The van der Waals surface area contributed by atoms with E-state index in [1.165, 1.54) is 11.8 Å². The third-order valence-electron chi connectivity index (χ3n) is 5.18. The molecule has 2 aromatic carbocycles. The second-order valence-electron chi connectivity index (χ2n) is 7.51. The highest BCUT2D eigenvalue weighted by atomic mass is 32.2. The number of thioether (sulfide) groups is 1. The van der Waals surface area contributed by atoms with Gasteiger partial charge in [-0.2, -0.15) is 0 Å². The standard InChI is InChI=1S/C26H27N3O4S/c1-4-31-23-14-27-22(17(3)24(23)33-15-18-9-7-6-8-10-18)16-34-26-28-20-12-11-19(13-21(20)29-26)25(30)32-5-2/h6-14H,4-5,15-16H2,1-3H3,(H,28,29). The predicted octanol–water partition coefficient (Wildman–Crippen LogP) is 5.71. The van der Waals surface area contributed by atoms with Gasteiger partial charge in [0, 0.05) is 11.3 Å². The van der Waals surface area contributed by atoms with E-state index in [1.54, 1.807) is 25.3 Å². The van der Waals surface area contributed by atoms with E-state index in [0.717, 1.165) is 33.0 Å². The third-order valence-corrected chi connectivity index (χ3v) is 6.06. The number of esters is 1. The van der Waals surface area contributed by atoms with Crippen molar-refractivity contribution in [2.45, 2.75) is 38.3 Å². The van der Waals surface area contributed by atoms with Crippen LogP contribution in [0.4, 0.5) is 0 Å². The first-order valence-corrected chi connectivity index (χ1v) is 12.1. The van der Waals surface area contributed by atoms with E-state index in [1.807, 2.05) is 50.2 Å². The number of imidazole rings is 1. The van der Waals surface area contributed by atoms with Crippen LogP contribution in [0.1, 0.15) is 41.0 Å². The summed E-state index contributed by atoms with van der Waals surface area (Å²) in [5, 5.41) is 0.748. The lowest BCUT2D eigenvalue weighted by molar-refractivity contribution is 0.0526. The molecule has 2 aromatic heterocycles. The van der Waals surface area contributed by atoms with E-state index in [4.69, 9.17) is 14.2 Å². The van der Waals surface area contributed by atoms with Gasteiger partial charge >= 0.3 is 5.97 Å². The molecule has 0 bridgehead atoms. The number of carbonyl (C=O) groups excluding carboxylic acids is 1. The van der Waals surface area contributed by atoms with Gasteiger partial charge in [0.1, 0.15) is 6.61 Å². The summed E-state index contributed by atoms with van der Waals surface area (Å²) in [6, 6.07) is 15.3. The van der Waals surface area contributed by atoms with E-state index in [0.29, 0.717) is 42.6 Å². The molecular formula is C26H27N3O4S. The summed E-state index contributed by atoms with van der Waals surface area (Å²) in [5.41, 5.74) is 5.00. The van der Waals surface area contributed by atoms with Gasteiger partial charge in [0.15, 0.2) is 16.7 Å².